The van der Waals surface area contributed by atoms with E-state index in [1.54, 1.807) is 0 Å². The molecule has 1 N–H and O–H groups in total. The molecule has 98 valence electrons. The predicted molar refractivity (Wildman–Crippen MR) is 61.7 cm³/mol. The van der Waals surface area contributed by atoms with Crippen molar-refractivity contribution in [3.63, 3.8) is 0 Å². The van der Waals surface area contributed by atoms with Gasteiger partial charge in [-0.2, -0.15) is 0 Å². The monoisotopic (exact) mass is 243 g/mol. The molecule has 2 rings (SSSR count). The molecule has 2 saturated heterocycles. The first-order valence-electron chi connectivity index (χ1n) is 6.26. The molecule has 0 aromatic carbocycles. The summed E-state index contributed by atoms with van der Waals surface area (Å²) in [5, 5.41) is 3.12. The van der Waals surface area contributed by atoms with Gasteiger partial charge in [0.05, 0.1) is 12.2 Å². The van der Waals surface area contributed by atoms with Crippen molar-refractivity contribution in [3.8, 4) is 0 Å². The zero-order valence-electron chi connectivity index (χ0n) is 10.4. The second kappa shape index (κ2) is 5.80. The number of esters is 1. The Hall–Kier alpha value is -0.650. The van der Waals surface area contributed by atoms with Crippen molar-refractivity contribution in [2.75, 3.05) is 39.5 Å². The van der Waals surface area contributed by atoms with Crippen LogP contribution in [0.5, 0.6) is 0 Å². The van der Waals surface area contributed by atoms with Gasteiger partial charge in [0, 0.05) is 26.3 Å². The Morgan fingerprint density at radius 2 is 2.12 bits per heavy atom. The first kappa shape index (κ1) is 12.8. The van der Waals surface area contributed by atoms with Gasteiger partial charge in [0.15, 0.2) is 0 Å². The number of ether oxygens (including phenoxy) is 3. The maximum atomic E-state index is 11.5. The average Bonchev–Trinajstić information content (AvgIpc) is 2.33. The zero-order valence-corrected chi connectivity index (χ0v) is 10.4. The molecule has 0 atom stereocenters. The topological polar surface area (TPSA) is 56.8 Å². The van der Waals surface area contributed by atoms with Crippen molar-refractivity contribution in [1.82, 2.24) is 5.32 Å². The summed E-state index contributed by atoms with van der Waals surface area (Å²) in [6.45, 7) is 5.72. The second-order valence-electron chi connectivity index (χ2n) is 5.08. The van der Waals surface area contributed by atoms with Gasteiger partial charge in [0.25, 0.3) is 0 Å². The van der Waals surface area contributed by atoms with Crippen molar-refractivity contribution < 1.29 is 19.0 Å². The molecule has 2 heterocycles. The molecule has 2 fully saturated rings. The Morgan fingerprint density at radius 3 is 2.71 bits per heavy atom. The lowest BCUT2D eigenvalue weighted by molar-refractivity contribution is -0.160. The van der Waals surface area contributed by atoms with Gasteiger partial charge in [-0.25, -0.2) is 4.79 Å². The Kier molecular flexibility index (Phi) is 4.36. The van der Waals surface area contributed by atoms with Gasteiger partial charge in [0.1, 0.15) is 6.61 Å². The average molecular weight is 243 g/mol. The highest BCUT2D eigenvalue weighted by molar-refractivity contribution is 5.70. The van der Waals surface area contributed by atoms with Crippen LogP contribution in [-0.2, 0) is 19.0 Å². The maximum Gasteiger partial charge on any atom is 0.332 e. The number of hydrogen-bond acceptors (Lipinski definition) is 5. The standard InChI is InChI=1S/C12H21NO4/c1-12(8-13-9-12)17-7-11(14)16-6-10-2-4-15-5-3-10/h10,13H,2-9H2,1H3. The summed E-state index contributed by atoms with van der Waals surface area (Å²) < 4.78 is 16.0. The van der Waals surface area contributed by atoms with Crippen LogP contribution >= 0.6 is 0 Å². The molecule has 2 aliphatic heterocycles. The van der Waals surface area contributed by atoms with Crippen LogP contribution in [0.2, 0.25) is 0 Å². The summed E-state index contributed by atoms with van der Waals surface area (Å²) in [6.07, 6.45) is 1.96. The summed E-state index contributed by atoms with van der Waals surface area (Å²) in [5.74, 6) is 0.193. The lowest BCUT2D eigenvalue weighted by Crippen LogP contribution is -2.59. The fraction of sp³-hybridized carbons (Fsp3) is 0.917. The molecule has 17 heavy (non-hydrogen) atoms. The smallest absolute Gasteiger partial charge is 0.332 e. The summed E-state index contributed by atoms with van der Waals surface area (Å²) in [5.41, 5.74) is -0.183. The number of carbonyl (C=O) groups is 1. The van der Waals surface area contributed by atoms with Gasteiger partial charge in [0.2, 0.25) is 0 Å². The van der Waals surface area contributed by atoms with Gasteiger partial charge in [-0.3, -0.25) is 0 Å². The minimum absolute atomic E-state index is 0.0569. The third-order valence-corrected chi connectivity index (χ3v) is 3.36. The van der Waals surface area contributed by atoms with E-state index >= 15 is 0 Å². The first-order valence-corrected chi connectivity index (χ1v) is 6.26. The molecule has 0 aromatic rings. The van der Waals surface area contributed by atoms with Gasteiger partial charge in [-0.15, -0.1) is 0 Å². The molecule has 0 aliphatic carbocycles. The lowest BCUT2D eigenvalue weighted by Gasteiger charge is -2.38. The minimum Gasteiger partial charge on any atom is -0.464 e. The van der Waals surface area contributed by atoms with E-state index in [0.29, 0.717) is 12.5 Å². The largest absolute Gasteiger partial charge is 0.464 e. The van der Waals surface area contributed by atoms with Gasteiger partial charge < -0.3 is 19.5 Å². The van der Waals surface area contributed by atoms with E-state index in [9.17, 15) is 4.79 Å². The first-order chi connectivity index (χ1) is 8.18. The Balaban J connectivity index is 1.57. The van der Waals surface area contributed by atoms with Crippen LogP contribution in [-0.4, -0.2) is 51.1 Å². The maximum absolute atomic E-state index is 11.5. The van der Waals surface area contributed by atoms with E-state index in [0.717, 1.165) is 39.1 Å². The molecule has 0 amide bonds. The van der Waals surface area contributed by atoms with Crippen molar-refractivity contribution in [2.24, 2.45) is 5.92 Å². The summed E-state index contributed by atoms with van der Waals surface area (Å²) in [6, 6.07) is 0. The quantitative estimate of drug-likeness (QED) is 0.705. The molecule has 0 spiro atoms. The van der Waals surface area contributed by atoms with Crippen LogP contribution < -0.4 is 5.32 Å². The number of carbonyl (C=O) groups excluding carboxylic acids is 1. The number of rotatable bonds is 5. The van der Waals surface area contributed by atoms with Crippen molar-refractivity contribution in [3.05, 3.63) is 0 Å². The summed E-state index contributed by atoms with van der Waals surface area (Å²) >= 11 is 0. The Bertz CT molecular complexity index is 259. The summed E-state index contributed by atoms with van der Waals surface area (Å²) in [7, 11) is 0. The van der Waals surface area contributed by atoms with Gasteiger partial charge in [-0.1, -0.05) is 0 Å². The number of hydrogen-bond donors (Lipinski definition) is 1. The third kappa shape index (κ3) is 3.94. The fourth-order valence-electron chi connectivity index (χ4n) is 1.98. The molecule has 0 radical (unpaired) electrons. The molecule has 5 nitrogen and oxygen atoms in total. The van der Waals surface area contributed by atoms with Crippen LogP contribution in [0.15, 0.2) is 0 Å². The van der Waals surface area contributed by atoms with Crippen molar-refractivity contribution in [2.45, 2.75) is 25.4 Å². The Morgan fingerprint density at radius 1 is 1.41 bits per heavy atom. The normalized spacial score (nSPS) is 24.1. The van der Waals surface area contributed by atoms with E-state index in [-0.39, 0.29) is 18.2 Å². The van der Waals surface area contributed by atoms with E-state index < -0.39 is 0 Å². The van der Waals surface area contributed by atoms with Crippen LogP contribution in [0, 0.1) is 5.92 Å². The van der Waals surface area contributed by atoms with E-state index in [2.05, 4.69) is 5.32 Å². The molecule has 2 aliphatic rings. The zero-order chi connectivity index (χ0) is 12.1. The van der Waals surface area contributed by atoms with E-state index in [1.165, 1.54) is 0 Å². The van der Waals surface area contributed by atoms with Crippen LogP contribution in [0.25, 0.3) is 0 Å². The molecule has 0 saturated carbocycles. The highest BCUT2D eigenvalue weighted by Crippen LogP contribution is 2.16. The third-order valence-electron chi connectivity index (χ3n) is 3.36. The minimum atomic E-state index is -0.260. The SMILES string of the molecule is CC1(OCC(=O)OCC2CCOCC2)CNC1. The van der Waals surface area contributed by atoms with Gasteiger partial charge >= 0.3 is 5.97 Å². The predicted octanol–water partition coefficient (Wildman–Crippen LogP) is 0.335. The van der Waals surface area contributed by atoms with Crippen LogP contribution in [0.1, 0.15) is 19.8 Å². The highest BCUT2D eigenvalue weighted by Gasteiger charge is 2.33. The molecular weight excluding hydrogens is 222 g/mol. The van der Waals surface area contributed by atoms with Crippen LogP contribution in [0.3, 0.4) is 0 Å². The van der Waals surface area contributed by atoms with E-state index in [4.69, 9.17) is 14.2 Å². The Labute approximate surface area is 102 Å². The van der Waals surface area contributed by atoms with Gasteiger partial charge in [-0.05, 0) is 25.7 Å². The molecule has 0 bridgehead atoms. The molecule has 0 unspecified atom stereocenters. The molecule has 5 heteroatoms. The highest BCUT2D eigenvalue weighted by atomic mass is 16.6. The lowest BCUT2D eigenvalue weighted by atomic mass is 10.0. The fourth-order valence-corrected chi connectivity index (χ4v) is 1.98. The van der Waals surface area contributed by atoms with Crippen molar-refractivity contribution in [1.29, 1.82) is 0 Å². The van der Waals surface area contributed by atoms with E-state index in [1.807, 2.05) is 6.92 Å². The second-order valence-corrected chi connectivity index (χ2v) is 5.08. The van der Waals surface area contributed by atoms with Crippen molar-refractivity contribution >= 4 is 5.97 Å². The summed E-state index contributed by atoms with van der Waals surface area (Å²) in [4.78, 5) is 11.5. The van der Waals surface area contributed by atoms with Crippen LogP contribution in [0.4, 0.5) is 0 Å². The molecular formula is C12H21NO4. The molecule has 0 aromatic heterocycles. The number of nitrogens with one attached hydrogen (secondary N) is 1.